The van der Waals surface area contributed by atoms with Gasteiger partial charge in [0.05, 0.1) is 0 Å². The number of halogens is 1. The Morgan fingerprint density at radius 1 is 1.00 bits per heavy atom. The summed E-state index contributed by atoms with van der Waals surface area (Å²) in [6.45, 7) is 3.73. The van der Waals surface area contributed by atoms with Gasteiger partial charge in [0.2, 0.25) is 0 Å². The van der Waals surface area contributed by atoms with Crippen molar-refractivity contribution in [1.29, 1.82) is 0 Å². The molecule has 64 valence electrons. The van der Waals surface area contributed by atoms with Crippen LogP contribution in [0.25, 0.3) is 16.8 Å². The van der Waals surface area contributed by atoms with Gasteiger partial charge in [-0.1, -0.05) is 42.5 Å². The van der Waals surface area contributed by atoms with Crippen LogP contribution in [0.2, 0.25) is 5.02 Å². The molecule has 13 heavy (non-hydrogen) atoms. The summed E-state index contributed by atoms with van der Waals surface area (Å²) in [5.74, 6) is 0. The molecule has 2 aromatic carbocycles. The normalized spacial score (nSPS) is 10.2. The second-order valence-electron chi connectivity index (χ2n) is 2.96. The van der Waals surface area contributed by atoms with Crippen molar-refractivity contribution >= 4 is 28.4 Å². The third-order valence-electron chi connectivity index (χ3n) is 2.06. The van der Waals surface area contributed by atoms with Crippen LogP contribution in [-0.4, -0.2) is 0 Å². The van der Waals surface area contributed by atoms with Gasteiger partial charge in [-0.25, -0.2) is 0 Å². The molecule has 0 aliphatic rings. The summed E-state index contributed by atoms with van der Waals surface area (Å²) in [5, 5.41) is 3.13. The van der Waals surface area contributed by atoms with Crippen molar-refractivity contribution in [3.8, 4) is 0 Å². The predicted octanol–water partition coefficient (Wildman–Crippen LogP) is 4.14. The number of rotatable bonds is 1. The van der Waals surface area contributed by atoms with Crippen LogP contribution in [0.5, 0.6) is 0 Å². The highest BCUT2D eigenvalue weighted by atomic mass is 35.5. The maximum atomic E-state index is 5.89. The van der Waals surface area contributed by atoms with Gasteiger partial charge >= 0.3 is 0 Å². The molecule has 0 saturated heterocycles. The Balaban J connectivity index is 2.74. The lowest BCUT2D eigenvalue weighted by Crippen LogP contribution is -1.75. The van der Waals surface area contributed by atoms with E-state index in [1.54, 1.807) is 0 Å². The van der Waals surface area contributed by atoms with E-state index >= 15 is 0 Å². The van der Waals surface area contributed by atoms with E-state index in [9.17, 15) is 0 Å². The molecule has 2 rings (SSSR count). The van der Waals surface area contributed by atoms with Gasteiger partial charge in [0.1, 0.15) is 0 Å². The summed E-state index contributed by atoms with van der Waals surface area (Å²) in [4.78, 5) is 0. The van der Waals surface area contributed by atoms with Crippen LogP contribution < -0.4 is 0 Å². The fourth-order valence-electron chi connectivity index (χ4n) is 1.36. The Hall–Kier alpha value is -1.27. The fraction of sp³-hybridized carbons (Fsp3) is 0. The quantitative estimate of drug-likeness (QED) is 0.631. The maximum absolute atomic E-state index is 5.89. The molecule has 0 saturated carbocycles. The highest BCUT2D eigenvalue weighted by molar-refractivity contribution is 6.31. The average Bonchev–Trinajstić information content (AvgIpc) is 2.16. The predicted molar refractivity (Wildman–Crippen MR) is 59.0 cm³/mol. The Morgan fingerprint density at radius 3 is 2.54 bits per heavy atom. The molecular formula is C12H9Cl. The minimum atomic E-state index is 0.772. The highest BCUT2D eigenvalue weighted by Crippen LogP contribution is 2.20. The first-order chi connectivity index (χ1) is 6.29. The summed E-state index contributed by atoms with van der Waals surface area (Å²) in [5.41, 5.74) is 1.12. The summed E-state index contributed by atoms with van der Waals surface area (Å²) in [6, 6.07) is 12.1. The Kier molecular flexibility index (Phi) is 2.07. The number of hydrogen-bond acceptors (Lipinski definition) is 0. The van der Waals surface area contributed by atoms with Gasteiger partial charge in [-0.15, -0.1) is 0 Å². The number of fused-ring (bicyclic) bond motifs is 1. The van der Waals surface area contributed by atoms with Crippen molar-refractivity contribution < 1.29 is 0 Å². The van der Waals surface area contributed by atoms with Crippen molar-refractivity contribution in [2.75, 3.05) is 0 Å². The lowest BCUT2D eigenvalue weighted by Gasteiger charge is -1.99. The zero-order valence-corrected chi connectivity index (χ0v) is 7.88. The molecule has 0 atom stereocenters. The molecule has 0 nitrogen and oxygen atoms in total. The van der Waals surface area contributed by atoms with Crippen molar-refractivity contribution in [1.82, 2.24) is 0 Å². The van der Waals surface area contributed by atoms with Crippen LogP contribution in [0.3, 0.4) is 0 Å². The molecule has 0 bridgehead atoms. The molecule has 2 aromatic rings. The van der Waals surface area contributed by atoms with Crippen LogP contribution in [0.1, 0.15) is 5.56 Å². The van der Waals surface area contributed by atoms with Crippen LogP contribution >= 0.6 is 11.6 Å². The van der Waals surface area contributed by atoms with E-state index in [1.807, 2.05) is 30.3 Å². The fourth-order valence-corrected chi connectivity index (χ4v) is 1.54. The van der Waals surface area contributed by atoms with E-state index < -0.39 is 0 Å². The molecule has 0 amide bonds. The molecule has 0 N–H and O–H groups in total. The van der Waals surface area contributed by atoms with Gasteiger partial charge in [0.15, 0.2) is 0 Å². The highest BCUT2D eigenvalue weighted by Gasteiger charge is 1.94. The molecule has 0 aromatic heterocycles. The molecule has 0 aliphatic heterocycles. The van der Waals surface area contributed by atoms with Crippen LogP contribution in [0, 0.1) is 0 Å². The molecule has 0 spiro atoms. The molecule has 0 aliphatic carbocycles. The minimum absolute atomic E-state index is 0.772. The van der Waals surface area contributed by atoms with Gasteiger partial charge in [-0.3, -0.25) is 0 Å². The third-order valence-corrected chi connectivity index (χ3v) is 2.30. The minimum Gasteiger partial charge on any atom is -0.0985 e. The lowest BCUT2D eigenvalue weighted by atomic mass is 10.1. The molecule has 0 fully saturated rings. The van der Waals surface area contributed by atoms with Crippen LogP contribution in [0.4, 0.5) is 0 Å². The molecular weight excluding hydrogens is 180 g/mol. The van der Waals surface area contributed by atoms with Crippen molar-refractivity contribution in [2.45, 2.75) is 0 Å². The Bertz CT molecular complexity index is 458. The Morgan fingerprint density at radius 2 is 1.77 bits per heavy atom. The SMILES string of the molecule is C=Cc1ccc2ccc(Cl)cc2c1. The first-order valence-electron chi connectivity index (χ1n) is 4.11. The van der Waals surface area contributed by atoms with Gasteiger partial charge in [-0.05, 0) is 34.5 Å². The lowest BCUT2D eigenvalue weighted by molar-refractivity contribution is 1.71. The zero-order chi connectivity index (χ0) is 9.26. The number of benzene rings is 2. The molecule has 0 heterocycles. The zero-order valence-electron chi connectivity index (χ0n) is 7.13. The smallest absolute Gasteiger partial charge is 0.0412 e. The van der Waals surface area contributed by atoms with E-state index in [4.69, 9.17) is 11.6 Å². The first-order valence-corrected chi connectivity index (χ1v) is 4.49. The summed E-state index contributed by atoms with van der Waals surface area (Å²) >= 11 is 5.89. The van der Waals surface area contributed by atoms with E-state index in [1.165, 1.54) is 5.39 Å². The van der Waals surface area contributed by atoms with E-state index in [-0.39, 0.29) is 0 Å². The van der Waals surface area contributed by atoms with Crippen molar-refractivity contribution in [3.63, 3.8) is 0 Å². The second-order valence-corrected chi connectivity index (χ2v) is 3.39. The third kappa shape index (κ3) is 1.58. The molecule has 0 unspecified atom stereocenters. The van der Waals surface area contributed by atoms with Gasteiger partial charge in [0, 0.05) is 5.02 Å². The van der Waals surface area contributed by atoms with Crippen molar-refractivity contribution in [2.24, 2.45) is 0 Å². The first kappa shape index (κ1) is 8.33. The molecule has 0 radical (unpaired) electrons. The second kappa shape index (κ2) is 3.23. The summed E-state index contributed by atoms with van der Waals surface area (Å²) < 4.78 is 0. The largest absolute Gasteiger partial charge is 0.0985 e. The number of hydrogen-bond donors (Lipinski definition) is 0. The monoisotopic (exact) mass is 188 g/mol. The summed E-state index contributed by atoms with van der Waals surface area (Å²) in [7, 11) is 0. The van der Waals surface area contributed by atoms with Gasteiger partial charge in [0.25, 0.3) is 0 Å². The maximum Gasteiger partial charge on any atom is 0.0412 e. The average molecular weight is 189 g/mol. The van der Waals surface area contributed by atoms with E-state index in [2.05, 4.69) is 18.7 Å². The van der Waals surface area contributed by atoms with E-state index in [0.717, 1.165) is 16.0 Å². The van der Waals surface area contributed by atoms with E-state index in [0.29, 0.717) is 0 Å². The van der Waals surface area contributed by atoms with Gasteiger partial charge in [-0.2, -0.15) is 0 Å². The standard InChI is InChI=1S/C12H9Cl/c1-2-9-3-4-10-5-6-12(13)8-11(10)7-9/h2-8H,1H2. The van der Waals surface area contributed by atoms with Crippen LogP contribution in [-0.2, 0) is 0 Å². The topological polar surface area (TPSA) is 0 Å². The molecule has 1 heteroatoms. The summed E-state index contributed by atoms with van der Waals surface area (Å²) in [6.07, 6.45) is 1.83. The van der Waals surface area contributed by atoms with Gasteiger partial charge < -0.3 is 0 Å². The Labute approximate surface area is 82.5 Å². The van der Waals surface area contributed by atoms with Crippen LogP contribution in [0.15, 0.2) is 43.0 Å². The van der Waals surface area contributed by atoms with Crippen molar-refractivity contribution in [3.05, 3.63) is 53.6 Å².